The maximum atomic E-state index is 12.4. The van der Waals surface area contributed by atoms with Crippen molar-refractivity contribution in [3.8, 4) is 0 Å². The van der Waals surface area contributed by atoms with Crippen LogP contribution >= 0.6 is 0 Å². The molecule has 0 bridgehead atoms. The summed E-state index contributed by atoms with van der Waals surface area (Å²) < 4.78 is 14.9. The molecule has 0 aromatic heterocycles. The predicted octanol–water partition coefficient (Wildman–Crippen LogP) is 1.51. The number of aliphatic hydroxyl groups is 1. The smallest absolute Gasteiger partial charge is 0.410 e. The Morgan fingerprint density at radius 2 is 1.87 bits per heavy atom. The third kappa shape index (κ3) is 7.30. The van der Waals surface area contributed by atoms with E-state index in [0.717, 1.165) is 0 Å². The Morgan fingerprint density at radius 1 is 1.30 bits per heavy atom. The van der Waals surface area contributed by atoms with Crippen LogP contribution in [0.4, 0.5) is 4.79 Å². The van der Waals surface area contributed by atoms with Gasteiger partial charge in [-0.25, -0.2) is 9.59 Å². The lowest BCUT2D eigenvalue weighted by molar-refractivity contribution is -0.137. The molecule has 0 saturated heterocycles. The van der Waals surface area contributed by atoms with Crippen LogP contribution in [0.3, 0.4) is 0 Å². The van der Waals surface area contributed by atoms with Crippen molar-refractivity contribution in [2.75, 3.05) is 27.4 Å². The van der Waals surface area contributed by atoms with Crippen LogP contribution in [-0.4, -0.2) is 67.2 Å². The molecule has 7 nitrogen and oxygen atoms in total. The third-order valence-corrected chi connectivity index (χ3v) is 2.86. The summed E-state index contributed by atoms with van der Waals surface area (Å²) in [5, 5.41) is 10.1. The number of hydrogen-bond donors (Lipinski definition) is 1. The Morgan fingerprint density at radius 3 is 2.26 bits per heavy atom. The van der Waals surface area contributed by atoms with Gasteiger partial charge in [0.25, 0.3) is 0 Å². The van der Waals surface area contributed by atoms with Gasteiger partial charge in [0.1, 0.15) is 11.7 Å². The number of hydrogen-bond acceptors (Lipinski definition) is 6. The van der Waals surface area contributed by atoms with Crippen LogP contribution in [0.1, 0.15) is 20.8 Å². The summed E-state index contributed by atoms with van der Waals surface area (Å²) in [6.45, 7) is 12.3. The fourth-order valence-corrected chi connectivity index (χ4v) is 1.69. The van der Waals surface area contributed by atoms with E-state index in [-0.39, 0.29) is 18.7 Å². The molecule has 132 valence electrons. The van der Waals surface area contributed by atoms with E-state index in [1.165, 1.54) is 25.2 Å². The summed E-state index contributed by atoms with van der Waals surface area (Å²) in [6.07, 6.45) is -0.452. The lowest BCUT2D eigenvalue weighted by Gasteiger charge is -2.33. The van der Waals surface area contributed by atoms with E-state index in [2.05, 4.69) is 17.9 Å². The van der Waals surface area contributed by atoms with Crippen LogP contribution in [-0.2, 0) is 19.0 Å². The number of esters is 1. The highest BCUT2D eigenvalue weighted by molar-refractivity contribution is 5.88. The van der Waals surface area contributed by atoms with Gasteiger partial charge in [0, 0.05) is 7.11 Å². The summed E-state index contributed by atoms with van der Waals surface area (Å²) in [5.41, 5.74) is -0.861. The maximum absolute atomic E-state index is 12.4. The SMILES string of the molecule is C=C[C@@H](COC)N(CC(O)C(=C)C(=O)OC)C(=O)OC(C)(C)C. The lowest BCUT2D eigenvalue weighted by Crippen LogP contribution is -2.48. The van der Waals surface area contributed by atoms with Gasteiger partial charge in [0.05, 0.1) is 31.9 Å². The zero-order chi connectivity index (χ0) is 18.2. The third-order valence-electron chi connectivity index (χ3n) is 2.86. The van der Waals surface area contributed by atoms with Crippen LogP contribution in [0, 0.1) is 0 Å². The number of aliphatic hydroxyl groups excluding tert-OH is 1. The topological polar surface area (TPSA) is 85.3 Å². The highest BCUT2D eigenvalue weighted by Crippen LogP contribution is 2.15. The van der Waals surface area contributed by atoms with Crippen molar-refractivity contribution in [1.29, 1.82) is 0 Å². The van der Waals surface area contributed by atoms with Gasteiger partial charge < -0.3 is 19.3 Å². The summed E-state index contributed by atoms with van der Waals surface area (Å²) in [7, 11) is 2.66. The lowest BCUT2D eigenvalue weighted by atomic mass is 10.1. The molecule has 0 rings (SSSR count). The largest absolute Gasteiger partial charge is 0.466 e. The molecule has 0 spiro atoms. The first kappa shape index (κ1) is 21.1. The van der Waals surface area contributed by atoms with E-state index in [0.29, 0.717) is 0 Å². The molecule has 0 fully saturated rings. The van der Waals surface area contributed by atoms with Gasteiger partial charge in [-0.2, -0.15) is 0 Å². The molecule has 0 aliphatic rings. The first-order valence-corrected chi connectivity index (χ1v) is 7.13. The molecule has 1 unspecified atom stereocenters. The van der Waals surface area contributed by atoms with E-state index < -0.39 is 29.8 Å². The first-order valence-electron chi connectivity index (χ1n) is 7.13. The zero-order valence-electron chi connectivity index (χ0n) is 14.5. The Bertz CT molecular complexity index is 440. The number of rotatable bonds is 8. The minimum Gasteiger partial charge on any atom is -0.466 e. The number of nitrogens with zero attached hydrogens (tertiary/aromatic N) is 1. The fraction of sp³-hybridized carbons (Fsp3) is 0.625. The molecule has 7 heteroatoms. The second-order valence-electron chi connectivity index (χ2n) is 5.92. The summed E-state index contributed by atoms with van der Waals surface area (Å²) >= 11 is 0. The van der Waals surface area contributed by atoms with Gasteiger partial charge >= 0.3 is 12.1 Å². The van der Waals surface area contributed by atoms with E-state index in [4.69, 9.17) is 9.47 Å². The minimum atomic E-state index is -1.30. The quantitative estimate of drug-likeness (QED) is 0.413. The van der Waals surface area contributed by atoms with Crippen molar-refractivity contribution >= 4 is 12.1 Å². The van der Waals surface area contributed by atoms with E-state index in [9.17, 15) is 14.7 Å². The molecule has 0 saturated carbocycles. The van der Waals surface area contributed by atoms with Gasteiger partial charge in [0.2, 0.25) is 0 Å². The normalized spacial score (nSPS) is 13.7. The Labute approximate surface area is 137 Å². The summed E-state index contributed by atoms with van der Waals surface area (Å²) in [4.78, 5) is 25.0. The zero-order valence-corrected chi connectivity index (χ0v) is 14.5. The standard InChI is InChI=1S/C16H27NO6/c1-8-12(10-21-6)17(15(20)23-16(3,4)5)9-13(18)11(2)14(19)22-7/h8,12-13,18H,1-2,9-10H2,3-7H3/t12-,13?/m0/s1. The monoisotopic (exact) mass is 329 g/mol. The van der Waals surface area contributed by atoms with Crippen molar-refractivity contribution < 1.29 is 28.9 Å². The molecular weight excluding hydrogens is 302 g/mol. The van der Waals surface area contributed by atoms with Crippen LogP contribution in [0.2, 0.25) is 0 Å². The molecule has 0 aromatic rings. The predicted molar refractivity (Wildman–Crippen MR) is 86.0 cm³/mol. The molecule has 0 aliphatic carbocycles. The molecule has 2 atom stereocenters. The highest BCUT2D eigenvalue weighted by Gasteiger charge is 2.30. The van der Waals surface area contributed by atoms with Crippen LogP contribution in [0.25, 0.3) is 0 Å². The fourth-order valence-electron chi connectivity index (χ4n) is 1.69. The average molecular weight is 329 g/mol. The Balaban J connectivity index is 5.26. The number of carbonyl (C=O) groups excluding carboxylic acids is 2. The van der Waals surface area contributed by atoms with Crippen LogP contribution < -0.4 is 0 Å². The van der Waals surface area contributed by atoms with Gasteiger partial charge in [-0.15, -0.1) is 6.58 Å². The van der Waals surface area contributed by atoms with E-state index in [1.807, 2.05) is 0 Å². The first-order chi connectivity index (χ1) is 10.6. The number of ether oxygens (including phenoxy) is 3. The van der Waals surface area contributed by atoms with Crippen LogP contribution in [0.15, 0.2) is 24.8 Å². The minimum absolute atomic E-state index is 0.152. The molecule has 0 radical (unpaired) electrons. The summed E-state index contributed by atoms with van der Waals surface area (Å²) in [5.74, 6) is -0.747. The molecular formula is C16H27NO6. The van der Waals surface area contributed by atoms with Gasteiger partial charge in [-0.05, 0) is 20.8 Å². The second-order valence-corrected chi connectivity index (χ2v) is 5.92. The van der Waals surface area contributed by atoms with Crippen molar-refractivity contribution in [2.45, 2.75) is 38.5 Å². The highest BCUT2D eigenvalue weighted by atomic mass is 16.6. The Hall–Kier alpha value is -1.86. The van der Waals surface area contributed by atoms with Crippen molar-refractivity contribution in [1.82, 2.24) is 4.90 Å². The van der Waals surface area contributed by atoms with E-state index in [1.54, 1.807) is 20.8 Å². The van der Waals surface area contributed by atoms with Crippen molar-refractivity contribution in [3.63, 3.8) is 0 Å². The number of methoxy groups -OCH3 is 2. The van der Waals surface area contributed by atoms with Crippen molar-refractivity contribution in [3.05, 3.63) is 24.8 Å². The molecule has 0 aromatic carbocycles. The second kappa shape index (κ2) is 9.32. The van der Waals surface area contributed by atoms with Gasteiger partial charge in [0.15, 0.2) is 0 Å². The summed E-state index contributed by atoms with van der Waals surface area (Å²) in [6, 6.07) is -0.532. The number of amides is 1. The molecule has 1 N–H and O–H groups in total. The van der Waals surface area contributed by atoms with Gasteiger partial charge in [-0.1, -0.05) is 12.7 Å². The molecule has 23 heavy (non-hydrogen) atoms. The molecule has 0 heterocycles. The molecule has 1 amide bonds. The Kier molecular flexibility index (Phi) is 8.56. The molecule has 0 aliphatic heterocycles. The van der Waals surface area contributed by atoms with E-state index >= 15 is 0 Å². The maximum Gasteiger partial charge on any atom is 0.410 e. The number of carbonyl (C=O) groups is 2. The van der Waals surface area contributed by atoms with Gasteiger partial charge in [-0.3, -0.25) is 4.90 Å². The van der Waals surface area contributed by atoms with Crippen LogP contribution in [0.5, 0.6) is 0 Å². The average Bonchev–Trinajstić information content (AvgIpc) is 2.46. The van der Waals surface area contributed by atoms with Crippen molar-refractivity contribution in [2.24, 2.45) is 0 Å².